The summed E-state index contributed by atoms with van der Waals surface area (Å²) in [5.41, 5.74) is 0. The highest BCUT2D eigenvalue weighted by Crippen LogP contribution is 2.35. The van der Waals surface area contributed by atoms with Gasteiger partial charge in [0, 0.05) is 17.0 Å². The summed E-state index contributed by atoms with van der Waals surface area (Å²) in [6.45, 7) is 2.36. The van der Waals surface area contributed by atoms with E-state index in [1.54, 1.807) is 0 Å². The molecule has 0 saturated heterocycles. The van der Waals surface area contributed by atoms with Crippen molar-refractivity contribution in [2.24, 2.45) is 11.8 Å². The average Bonchev–Trinajstić information content (AvgIpc) is 2.49. The number of hydrogen-bond donors (Lipinski definition) is 1. The molecule has 1 atom stereocenters. The highest BCUT2D eigenvalue weighted by molar-refractivity contribution is 7.99. The van der Waals surface area contributed by atoms with Crippen LogP contribution in [-0.2, 0) is 0 Å². The summed E-state index contributed by atoms with van der Waals surface area (Å²) in [4.78, 5) is 0. The van der Waals surface area contributed by atoms with E-state index >= 15 is 0 Å². The fraction of sp³-hybridized carbons (Fsp3) is 1.00. The molecule has 2 rings (SSSR count). The van der Waals surface area contributed by atoms with Gasteiger partial charge in [-0.3, -0.25) is 0 Å². The van der Waals surface area contributed by atoms with Gasteiger partial charge in [-0.05, 0) is 44.6 Å². The van der Waals surface area contributed by atoms with Gasteiger partial charge in [0.25, 0.3) is 0 Å². The Hall–Kier alpha value is 0.310. The van der Waals surface area contributed by atoms with Gasteiger partial charge in [0.1, 0.15) is 0 Å². The van der Waals surface area contributed by atoms with Crippen molar-refractivity contribution in [1.29, 1.82) is 0 Å². The summed E-state index contributed by atoms with van der Waals surface area (Å²) in [5.74, 6) is 3.33. The SMILES string of the molecule is CCC1CCC(C(CSC2CCCCC2)NC)CC1. The molecule has 0 amide bonds. The molecule has 0 radical (unpaired) electrons. The summed E-state index contributed by atoms with van der Waals surface area (Å²) < 4.78 is 0. The highest BCUT2D eigenvalue weighted by atomic mass is 32.2. The molecule has 19 heavy (non-hydrogen) atoms. The van der Waals surface area contributed by atoms with Crippen LogP contribution in [0.15, 0.2) is 0 Å². The fourth-order valence-corrected chi connectivity index (χ4v) is 5.51. The Bertz CT molecular complexity index is 229. The smallest absolute Gasteiger partial charge is 0.0183 e. The fourth-order valence-electron chi connectivity index (χ4n) is 3.93. The second kappa shape index (κ2) is 8.56. The lowest BCUT2D eigenvalue weighted by atomic mass is 9.78. The Morgan fingerprint density at radius 3 is 2.26 bits per heavy atom. The predicted molar refractivity (Wildman–Crippen MR) is 87.9 cm³/mol. The Kier molecular flexibility index (Phi) is 7.07. The lowest BCUT2D eigenvalue weighted by Gasteiger charge is -2.34. The summed E-state index contributed by atoms with van der Waals surface area (Å²) >= 11 is 2.27. The van der Waals surface area contributed by atoms with E-state index in [0.717, 1.165) is 23.1 Å². The van der Waals surface area contributed by atoms with Gasteiger partial charge in [-0.15, -0.1) is 0 Å². The first-order chi connectivity index (χ1) is 9.33. The third-order valence-corrected chi connectivity index (χ3v) is 6.97. The molecule has 2 heteroatoms. The van der Waals surface area contributed by atoms with Gasteiger partial charge in [0.15, 0.2) is 0 Å². The van der Waals surface area contributed by atoms with Gasteiger partial charge < -0.3 is 5.32 Å². The lowest BCUT2D eigenvalue weighted by Crippen LogP contribution is -2.38. The topological polar surface area (TPSA) is 12.0 Å². The Morgan fingerprint density at radius 1 is 1.00 bits per heavy atom. The first kappa shape index (κ1) is 15.7. The molecule has 2 aliphatic rings. The van der Waals surface area contributed by atoms with Crippen molar-refractivity contribution < 1.29 is 0 Å². The zero-order valence-electron chi connectivity index (χ0n) is 13.0. The molecule has 112 valence electrons. The molecular weight excluding hydrogens is 250 g/mol. The maximum atomic E-state index is 3.62. The molecule has 0 aromatic carbocycles. The third kappa shape index (κ3) is 4.97. The van der Waals surface area contributed by atoms with E-state index < -0.39 is 0 Å². The molecule has 1 N–H and O–H groups in total. The van der Waals surface area contributed by atoms with Crippen molar-refractivity contribution in [3.05, 3.63) is 0 Å². The average molecular weight is 284 g/mol. The number of rotatable bonds is 6. The molecule has 0 spiro atoms. The summed E-state index contributed by atoms with van der Waals surface area (Å²) in [7, 11) is 2.18. The zero-order chi connectivity index (χ0) is 13.5. The van der Waals surface area contributed by atoms with E-state index in [9.17, 15) is 0 Å². The highest BCUT2D eigenvalue weighted by Gasteiger charge is 2.27. The second-order valence-corrected chi connectivity index (χ2v) is 8.01. The van der Waals surface area contributed by atoms with E-state index in [2.05, 4.69) is 31.1 Å². The second-order valence-electron chi connectivity index (χ2n) is 6.68. The Balaban J connectivity index is 1.70. The van der Waals surface area contributed by atoms with Crippen LogP contribution in [0.2, 0.25) is 0 Å². The van der Waals surface area contributed by atoms with E-state index in [1.807, 2.05) is 0 Å². The van der Waals surface area contributed by atoms with Crippen molar-refractivity contribution in [3.8, 4) is 0 Å². The van der Waals surface area contributed by atoms with Crippen molar-refractivity contribution in [2.75, 3.05) is 12.8 Å². The van der Waals surface area contributed by atoms with Crippen LogP contribution < -0.4 is 5.32 Å². The van der Waals surface area contributed by atoms with Gasteiger partial charge >= 0.3 is 0 Å². The monoisotopic (exact) mass is 283 g/mol. The van der Waals surface area contributed by atoms with E-state index in [1.165, 1.54) is 70.0 Å². The molecular formula is C17H33NS. The standard InChI is InChI=1S/C17H33NS/c1-3-14-9-11-15(12-10-14)17(18-2)13-19-16-7-5-4-6-8-16/h14-18H,3-13H2,1-2H3. The van der Waals surface area contributed by atoms with Crippen molar-refractivity contribution in [3.63, 3.8) is 0 Å². The van der Waals surface area contributed by atoms with Crippen molar-refractivity contribution >= 4 is 11.8 Å². The third-order valence-electron chi connectivity index (χ3n) is 5.47. The lowest BCUT2D eigenvalue weighted by molar-refractivity contribution is 0.233. The van der Waals surface area contributed by atoms with Gasteiger partial charge in [0.2, 0.25) is 0 Å². The van der Waals surface area contributed by atoms with Crippen LogP contribution in [0.1, 0.15) is 71.1 Å². The summed E-state index contributed by atoms with van der Waals surface area (Å²) in [6.07, 6.45) is 14.7. The maximum absolute atomic E-state index is 3.62. The molecule has 0 heterocycles. The van der Waals surface area contributed by atoms with Crippen LogP contribution in [0, 0.1) is 11.8 Å². The summed E-state index contributed by atoms with van der Waals surface area (Å²) in [6, 6.07) is 0.768. The molecule has 2 saturated carbocycles. The predicted octanol–water partition coefficient (Wildman–Crippen LogP) is 4.86. The van der Waals surface area contributed by atoms with Crippen LogP contribution in [0.4, 0.5) is 0 Å². The molecule has 2 aliphatic carbocycles. The number of thioether (sulfide) groups is 1. The molecule has 0 aromatic rings. The van der Waals surface area contributed by atoms with Crippen LogP contribution in [0.25, 0.3) is 0 Å². The van der Waals surface area contributed by atoms with Gasteiger partial charge in [-0.1, -0.05) is 45.4 Å². The van der Waals surface area contributed by atoms with Crippen LogP contribution in [0.3, 0.4) is 0 Å². The minimum Gasteiger partial charge on any atom is -0.316 e. The van der Waals surface area contributed by atoms with E-state index in [-0.39, 0.29) is 0 Å². The Labute approximate surface area is 124 Å². The maximum Gasteiger partial charge on any atom is 0.0183 e. The Morgan fingerprint density at radius 2 is 1.68 bits per heavy atom. The zero-order valence-corrected chi connectivity index (χ0v) is 13.8. The normalized spacial score (nSPS) is 31.3. The van der Waals surface area contributed by atoms with Crippen LogP contribution in [-0.4, -0.2) is 24.1 Å². The van der Waals surface area contributed by atoms with Gasteiger partial charge in [-0.2, -0.15) is 11.8 Å². The largest absolute Gasteiger partial charge is 0.316 e. The minimum absolute atomic E-state index is 0.768. The van der Waals surface area contributed by atoms with Gasteiger partial charge in [-0.25, -0.2) is 0 Å². The molecule has 1 nitrogen and oxygen atoms in total. The van der Waals surface area contributed by atoms with Crippen molar-refractivity contribution in [2.45, 2.75) is 82.4 Å². The first-order valence-corrected chi connectivity index (χ1v) is 9.67. The molecule has 0 aromatic heterocycles. The molecule has 2 fully saturated rings. The quantitative estimate of drug-likeness (QED) is 0.747. The molecule has 0 bridgehead atoms. The molecule has 0 aliphatic heterocycles. The number of hydrogen-bond acceptors (Lipinski definition) is 2. The van der Waals surface area contributed by atoms with E-state index in [0.29, 0.717) is 0 Å². The number of nitrogens with one attached hydrogen (secondary N) is 1. The van der Waals surface area contributed by atoms with E-state index in [4.69, 9.17) is 0 Å². The minimum atomic E-state index is 0.768. The molecule has 1 unspecified atom stereocenters. The van der Waals surface area contributed by atoms with Crippen LogP contribution in [0.5, 0.6) is 0 Å². The van der Waals surface area contributed by atoms with Gasteiger partial charge in [0.05, 0.1) is 0 Å². The first-order valence-electron chi connectivity index (χ1n) is 8.62. The summed E-state index contributed by atoms with van der Waals surface area (Å²) in [5, 5.41) is 4.59. The van der Waals surface area contributed by atoms with Crippen LogP contribution >= 0.6 is 11.8 Å². The van der Waals surface area contributed by atoms with Crippen molar-refractivity contribution in [1.82, 2.24) is 5.32 Å².